The van der Waals surface area contributed by atoms with Gasteiger partial charge in [0.15, 0.2) is 11.5 Å². The number of nitrogens with one attached hydrogen (secondary N) is 1. The summed E-state index contributed by atoms with van der Waals surface area (Å²) in [6.07, 6.45) is -1.05. The third kappa shape index (κ3) is 2.15. The summed E-state index contributed by atoms with van der Waals surface area (Å²) in [7, 11) is 1.69. The fraction of sp³-hybridized carbons (Fsp3) is 0.417. The predicted octanol–water partition coefficient (Wildman–Crippen LogP) is 1.54. The maximum atomic E-state index is 13.2. The van der Waals surface area contributed by atoms with Crippen LogP contribution in [0.2, 0.25) is 0 Å². The molecule has 8 heteroatoms. The third-order valence-electron chi connectivity index (χ3n) is 3.25. The van der Waals surface area contributed by atoms with Gasteiger partial charge >= 0.3 is 6.18 Å². The molecular weight excluding hydrogens is 271 g/mol. The SMILES string of the molecule is Cn1cncc1-c1nc2c(c(C(F)(F)F)n1)CNCC2. The molecule has 0 unspecified atom stereocenters. The number of aryl methyl sites for hydroxylation is 1. The van der Waals surface area contributed by atoms with Crippen molar-refractivity contribution >= 4 is 0 Å². The van der Waals surface area contributed by atoms with E-state index in [0.29, 0.717) is 24.4 Å². The highest BCUT2D eigenvalue weighted by Gasteiger charge is 2.38. The summed E-state index contributed by atoms with van der Waals surface area (Å²) in [5, 5.41) is 2.92. The van der Waals surface area contributed by atoms with Gasteiger partial charge in [-0.1, -0.05) is 0 Å². The molecule has 0 radical (unpaired) electrons. The van der Waals surface area contributed by atoms with Gasteiger partial charge in [0.25, 0.3) is 0 Å². The van der Waals surface area contributed by atoms with Gasteiger partial charge in [0, 0.05) is 32.1 Å². The largest absolute Gasteiger partial charge is 0.433 e. The fourth-order valence-electron chi connectivity index (χ4n) is 2.26. The van der Waals surface area contributed by atoms with Crippen LogP contribution >= 0.6 is 0 Å². The van der Waals surface area contributed by atoms with Crippen molar-refractivity contribution in [3.63, 3.8) is 0 Å². The molecule has 0 spiro atoms. The topological polar surface area (TPSA) is 55.6 Å². The molecule has 1 aliphatic heterocycles. The van der Waals surface area contributed by atoms with Crippen LogP contribution in [0, 0.1) is 0 Å². The highest BCUT2D eigenvalue weighted by atomic mass is 19.4. The number of halogens is 3. The monoisotopic (exact) mass is 283 g/mol. The van der Waals surface area contributed by atoms with Crippen molar-refractivity contribution in [2.24, 2.45) is 7.05 Å². The van der Waals surface area contributed by atoms with Crippen molar-refractivity contribution in [3.05, 3.63) is 29.5 Å². The molecule has 0 amide bonds. The lowest BCUT2D eigenvalue weighted by atomic mass is 10.0. The lowest BCUT2D eigenvalue weighted by Crippen LogP contribution is -2.29. The number of fused-ring (bicyclic) bond motifs is 1. The number of alkyl halides is 3. The third-order valence-corrected chi connectivity index (χ3v) is 3.25. The number of aromatic nitrogens is 4. The van der Waals surface area contributed by atoms with E-state index in [4.69, 9.17) is 0 Å². The Labute approximate surface area is 112 Å². The Morgan fingerprint density at radius 2 is 2.10 bits per heavy atom. The van der Waals surface area contributed by atoms with Crippen LogP contribution in [-0.2, 0) is 26.2 Å². The van der Waals surface area contributed by atoms with Crippen LogP contribution in [0.1, 0.15) is 17.0 Å². The number of hydrogen-bond donors (Lipinski definition) is 1. The summed E-state index contributed by atoms with van der Waals surface area (Å²) >= 11 is 0. The zero-order valence-electron chi connectivity index (χ0n) is 10.7. The number of imidazole rings is 1. The van der Waals surface area contributed by atoms with E-state index in [2.05, 4.69) is 20.3 Å². The Hall–Kier alpha value is -1.96. The summed E-state index contributed by atoms with van der Waals surface area (Å²) in [6.45, 7) is 0.766. The van der Waals surface area contributed by atoms with Gasteiger partial charge < -0.3 is 9.88 Å². The molecule has 0 saturated heterocycles. The average molecular weight is 283 g/mol. The minimum atomic E-state index is -4.49. The van der Waals surface area contributed by atoms with Crippen molar-refractivity contribution in [1.29, 1.82) is 0 Å². The van der Waals surface area contributed by atoms with Gasteiger partial charge in [-0.2, -0.15) is 13.2 Å². The molecule has 0 aromatic carbocycles. The van der Waals surface area contributed by atoms with Gasteiger partial charge in [-0.3, -0.25) is 0 Å². The molecule has 5 nitrogen and oxygen atoms in total. The molecule has 1 aliphatic rings. The van der Waals surface area contributed by atoms with Crippen LogP contribution in [0.5, 0.6) is 0 Å². The van der Waals surface area contributed by atoms with Crippen LogP contribution in [0.25, 0.3) is 11.5 Å². The molecule has 3 heterocycles. The van der Waals surface area contributed by atoms with Crippen molar-refractivity contribution in [3.8, 4) is 11.5 Å². The molecule has 0 aliphatic carbocycles. The van der Waals surface area contributed by atoms with Gasteiger partial charge in [0.2, 0.25) is 0 Å². The van der Waals surface area contributed by atoms with Crippen molar-refractivity contribution in [2.75, 3.05) is 6.54 Å². The summed E-state index contributed by atoms with van der Waals surface area (Å²) in [5.41, 5.74) is 0.222. The molecule has 0 saturated carbocycles. The minimum absolute atomic E-state index is 0.0676. The van der Waals surface area contributed by atoms with Crippen LogP contribution in [0.15, 0.2) is 12.5 Å². The van der Waals surface area contributed by atoms with Crippen molar-refractivity contribution in [2.45, 2.75) is 19.1 Å². The number of rotatable bonds is 1. The average Bonchev–Trinajstić information content (AvgIpc) is 2.82. The summed E-state index contributed by atoms with van der Waals surface area (Å²) in [4.78, 5) is 11.9. The van der Waals surface area contributed by atoms with Crippen molar-refractivity contribution in [1.82, 2.24) is 24.8 Å². The zero-order chi connectivity index (χ0) is 14.3. The lowest BCUT2D eigenvalue weighted by Gasteiger charge is -2.21. The first-order chi connectivity index (χ1) is 9.47. The molecule has 1 N–H and O–H groups in total. The van der Waals surface area contributed by atoms with Crippen LogP contribution in [-0.4, -0.2) is 26.1 Å². The second-order valence-electron chi connectivity index (χ2n) is 4.64. The lowest BCUT2D eigenvalue weighted by molar-refractivity contribution is -0.142. The zero-order valence-corrected chi connectivity index (χ0v) is 10.7. The first-order valence-electron chi connectivity index (χ1n) is 6.11. The van der Waals surface area contributed by atoms with Crippen LogP contribution in [0.4, 0.5) is 13.2 Å². The highest BCUT2D eigenvalue weighted by molar-refractivity contribution is 5.50. The smallest absolute Gasteiger partial charge is 0.331 e. The van der Waals surface area contributed by atoms with E-state index in [1.165, 1.54) is 12.5 Å². The second-order valence-corrected chi connectivity index (χ2v) is 4.64. The minimum Gasteiger partial charge on any atom is -0.331 e. The maximum Gasteiger partial charge on any atom is 0.433 e. The molecule has 3 rings (SSSR count). The first kappa shape index (κ1) is 13.0. The molecule has 0 atom stereocenters. The summed E-state index contributed by atoms with van der Waals surface area (Å²) < 4.78 is 41.1. The van der Waals surface area contributed by atoms with E-state index in [-0.39, 0.29) is 17.9 Å². The van der Waals surface area contributed by atoms with Crippen LogP contribution < -0.4 is 5.32 Å². The molecule has 106 valence electrons. The number of nitrogens with zero attached hydrogens (tertiary/aromatic N) is 4. The summed E-state index contributed by atoms with van der Waals surface area (Å²) in [5.74, 6) is 0.0676. The molecule has 2 aromatic rings. The molecular formula is C12H12F3N5. The van der Waals surface area contributed by atoms with E-state index < -0.39 is 11.9 Å². The summed E-state index contributed by atoms with van der Waals surface area (Å²) in [6, 6.07) is 0. The number of hydrogen-bond acceptors (Lipinski definition) is 4. The van der Waals surface area contributed by atoms with E-state index in [0.717, 1.165) is 0 Å². The van der Waals surface area contributed by atoms with Gasteiger partial charge in [0.05, 0.1) is 18.2 Å². The molecule has 0 bridgehead atoms. The van der Waals surface area contributed by atoms with E-state index in [9.17, 15) is 13.2 Å². The van der Waals surface area contributed by atoms with E-state index in [1.54, 1.807) is 11.6 Å². The maximum absolute atomic E-state index is 13.2. The Morgan fingerprint density at radius 3 is 2.75 bits per heavy atom. The van der Waals surface area contributed by atoms with E-state index >= 15 is 0 Å². The fourth-order valence-corrected chi connectivity index (χ4v) is 2.26. The molecule has 20 heavy (non-hydrogen) atoms. The van der Waals surface area contributed by atoms with Crippen LogP contribution in [0.3, 0.4) is 0 Å². The Balaban J connectivity index is 2.21. The van der Waals surface area contributed by atoms with Gasteiger partial charge in [-0.15, -0.1) is 0 Å². The Kier molecular flexibility index (Phi) is 2.97. The van der Waals surface area contributed by atoms with Crippen molar-refractivity contribution < 1.29 is 13.2 Å². The van der Waals surface area contributed by atoms with Gasteiger partial charge in [-0.25, -0.2) is 15.0 Å². The second kappa shape index (κ2) is 4.55. The van der Waals surface area contributed by atoms with E-state index in [1.807, 2.05) is 0 Å². The van der Waals surface area contributed by atoms with Gasteiger partial charge in [0.1, 0.15) is 5.69 Å². The quantitative estimate of drug-likeness (QED) is 0.862. The standard InChI is InChI=1S/C12H12F3N5/c1-20-6-17-5-9(20)11-18-8-2-3-16-4-7(8)10(19-11)12(13,14)15/h5-6,16H,2-4H2,1H3. The normalized spacial score (nSPS) is 15.2. The molecule has 0 fully saturated rings. The van der Waals surface area contributed by atoms with Gasteiger partial charge in [-0.05, 0) is 0 Å². The predicted molar refractivity (Wildman–Crippen MR) is 64.6 cm³/mol. The Bertz CT molecular complexity index is 647. The highest BCUT2D eigenvalue weighted by Crippen LogP contribution is 2.33. The first-order valence-corrected chi connectivity index (χ1v) is 6.11. The Morgan fingerprint density at radius 1 is 1.30 bits per heavy atom. The molecule has 2 aromatic heterocycles.